The number of ether oxygens (including phenoxy) is 1. The van der Waals surface area contributed by atoms with E-state index in [4.69, 9.17) is 4.74 Å². The number of rotatable bonds is 8. The summed E-state index contributed by atoms with van der Waals surface area (Å²) in [6, 6.07) is 0. The van der Waals surface area contributed by atoms with Crippen molar-refractivity contribution in [2.75, 3.05) is 26.8 Å². The molecule has 0 fully saturated rings. The van der Waals surface area contributed by atoms with Gasteiger partial charge in [-0.1, -0.05) is 13.8 Å². The zero-order valence-electron chi connectivity index (χ0n) is 9.05. The van der Waals surface area contributed by atoms with Crippen LogP contribution in [-0.4, -0.2) is 38.0 Å². The summed E-state index contributed by atoms with van der Waals surface area (Å²) in [4.78, 5) is 0. The molecule has 13 heavy (non-hydrogen) atoms. The third-order valence-corrected chi connectivity index (χ3v) is 2.21. The van der Waals surface area contributed by atoms with Crippen LogP contribution in [0.1, 0.15) is 26.7 Å². The Bertz CT molecular complexity index is 109. The van der Waals surface area contributed by atoms with Crippen LogP contribution in [0.5, 0.6) is 0 Å². The molecule has 0 heterocycles. The summed E-state index contributed by atoms with van der Waals surface area (Å²) in [5, 5.41) is 12.9. The second-order valence-corrected chi connectivity index (χ2v) is 3.53. The van der Waals surface area contributed by atoms with Crippen LogP contribution in [0.2, 0.25) is 0 Å². The van der Waals surface area contributed by atoms with Crippen molar-refractivity contribution in [1.82, 2.24) is 5.32 Å². The summed E-state index contributed by atoms with van der Waals surface area (Å²) < 4.78 is 4.96. The smallest absolute Gasteiger partial charge is 0.0690 e. The molecule has 0 saturated carbocycles. The Kier molecular flexibility index (Phi) is 8.40. The molecule has 2 atom stereocenters. The highest BCUT2D eigenvalue weighted by Crippen LogP contribution is 2.07. The van der Waals surface area contributed by atoms with Gasteiger partial charge in [0, 0.05) is 20.3 Å². The summed E-state index contributed by atoms with van der Waals surface area (Å²) in [6.07, 6.45) is 1.78. The number of hydrogen-bond acceptors (Lipinski definition) is 3. The summed E-state index contributed by atoms with van der Waals surface area (Å²) in [6.45, 7) is 6.57. The molecule has 0 aliphatic rings. The summed E-state index contributed by atoms with van der Waals surface area (Å²) >= 11 is 0. The monoisotopic (exact) mass is 189 g/mol. The molecule has 0 saturated heterocycles. The lowest BCUT2D eigenvalue weighted by atomic mass is 10.0. The highest BCUT2D eigenvalue weighted by molar-refractivity contribution is 4.66. The Labute approximate surface area is 81.5 Å². The molecule has 0 amide bonds. The van der Waals surface area contributed by atoms with Crippen LogP contribution in [0.3, 0.4) is 0 Å². The fourth-order valence-electron chi connectivity index (χ4n) is 1.12. The van der Waals surface area contributed by atoms with E-state index in [2.05, 4.69) is 19.2 Å². The molecule has 0 radical (unpaired) electrons. The number of aliphatic hydroxyl groups excluding tert-OH is 1. The molecule has 0 rings (SSSR count). The first-order chi connectivity index (χ1) is 6.22. The van der Waals surface area contributed by atoms with Gasteiger partial charge in [-0.2, -0.15) is 0 Å². The molecule has 0 bridgehead atoms. The molecule has 0 aromatic carbocycles. The Hall–Kier alpha value is -0.120. The highest BCUT2D eigenvalue weighted by Gasteiger charge is 2.12. The van der Waals surface area contributed by atoms with E-state index in [1.54, 1.807) is 7.11 Å². The van der Waals surface area contributed by atoms with E-state index in [-0.39, 0.29) is 6.10 Å². The molecule has 0 aromatic heterocycles. The van der Waals surface area contributed by atoms with Crippen molar-refractivity contribution in [3.8, 4) is 0 Å². The zero-order valence-corrected chi connectivity index (χ0v) is 9.05. The van der Waals surface area contributed by atoms with Crippen molar-refractivity contribution < 1.29 is 9.84 Å². The SMILES string of the molecule is CCCNCC(O)C(C)CCOC. The van der Waals surface area contributed by atoms with Crippen molar-refractivity contribution in [2.24, 2.45) is 5.92 Å². The second kappa shape index (κ2) is 8.48. The molecule has 0 aromatic rings. The van der Waals surface area contributed by atoms with Crippen LogP contribution < -0.4 is 5.32 Å². The van der Waals surface area contributed by atoms with Crippen LogP contribution in [0.25, 0.3) is 0 Å². The molecule has 2 unspecified atom stereocenters. The Morgan fingerprint density at radius 1 is 1.46 bits per heavy atom. The third kappa shape index (κ3) is 6.99. The maximum Gasteiger partial charge on any atom is 0.0690 e. The lowest BCUT2D eigenvalue weighted by molar-refractivity contribution is 0.0880. The van der Waals surface area contributed by atoms with E-state index in [0.29, 0.717) is 12.5 Å². The van der Waals surface area contributed by atoms with Crippen LogP contribution >= 0.6 is 0 Å². The van der Waals surface area contributed by atoms with Gasteiger partial charge in [-0.05, 0) is 25.3 Å². The average molecular weight is 189 g/mol. The molecular weight excluding hydrogens is 166 g/mol. The molecule has 3 nitrogen and oxygen atoms in total. The number of methoxy groups -OCH3 is 1. The summed E-state index contributed by atoms with van der Waals surface area (Å²) in [7, 11) is 1.69. The van der Waals surface area contributed by atoms with Gasteiger partial charge in [-0.15, -0.1) is 0 Å². The van der Waals surface area contributed by atoms with Gasteiger partial charge in [-0.25, -0.2) is 0 Å². The minimum atomic E-state index is -0.248. The Balaban J connectivity index is 3.38. The predicted molar refractivity (Wildman–Crippen MR) is 54.8 cm³/mol. The van der Waals surface area contributed by atoms with Gasteiger partial charge in [-0.3, -0.25) is 0 Å². The Morgan fingerprint density at radius 3 is 2.69 bits per heavy atom. The van der Waals surface area contributed by atoms with Crippen molar-refractivity contribution in [2.45, 2.75) is 32.8 Å². The van der Waals surface area contributed by atoms with Crippen LogP contribution in [0, 0.1) is 5.92 Å². The molecule has 0 aliphatic carbocycles. The number of hydrogen-bond donors (Lipinski definition) is 2. The predicted octanol–water partition coefficient (Wildman–Crippen LogP) is 1.02. The molecule has 0 spiro atoms. The first kappa shape index (κ1) is 12.9. The first-order valence-electron chi connectivity index (χ1n) is 5.10. The number of aliphatic hydroxyl groups is 1. The van der Waals surface area contributed by atoms with Gasteiger partial charge < -0.3 is 15.2 Å². The van der Waals surface area contributed by atoms with Crippen molar-refractivity contribution in [1.29, 1.82) is 0 Å². The largest absolute Gasteiger partial charge is 0.392 e. The quantitative estimate of drug-likeness (QED) is 0.560. The van der Waals surface area contributed by atoms with E-state index in [1.165, 1.54) is 0 Å². The Morgan fingerprint density at radius 2 is 2.15 bits per heavy atom. The van der Waals surface area contributed by atoms with Crippen molar-refractivity contribution in [3.05, 3.63) is 0 Å². The van der Waals surface area contributed by atoms with Gasteiger partial charge in [0.05, 0.1) is 6.10 Å². The standard InChI is InChI=1S/C10H23NO2/c1-4-6-11-8-10(12)9(2)5-7-13-3/h9-12H,4-8H2,1-3H3. The van der Waals surface area contributed by atoms with Crippen LogP contribution in [0.15, 0.2) is 0 Å². The minimum absolute atomic E-state index is 0.248. The normalized spacial score (nSPS) is 15.7. The maximum atomic E-state index is 9.65. The highest BCUT2D eigenvalue weighted by atomic mass is 16.5. The molecular formula is C10H23NO2. The van der Waals surface area contributed by atoms with Crippen LogP contribution in [-0.2, 0) is 4.74 Å². The van der Waals surface area contributed by atoms with E-state index in [1.807, 2.05) is 0 Å². The van der Waals surface area contributed by atoms with Gasteiger partial charge in [0.15, 0.2) is 0 Å². The van der Waals surface area contributed by atoms with Gasteiger partial charge in [0.2, 0.25) is 0 Å². The van der Waals surface area contributed by atoms with Gasteiger partial charge in [0.1, 0.15) is 0 Å². The molecule has 80 valence electrons. The molecule has 3 heteroatoms. The minimum Gasteiger partial charge on any atom is -0.392 e. The summed E-state index contributed by atoms with van der Waals surface area (Å²) in [5.74, 6) is 0.310. The van der Waals surface area contributed by atoms with Crippen LogP contribution in [0.4, 0.5) is 0 Å². The number of nitrogens with one attached hydrogen (secondary N) is 1. The second-order valence-electron chi connectivity index (χ2n) is 3.53. The fourth-order valence-corrected chi connectivity index (χ4v) is 1.12. The fraction of sp³-hybridized carbons (Fsp3) is 1.00. The molecule has 0 aliphatic heterocycles. The van der Waals surface area contributed by atoms with Crippen molar-refractivity contribution in [3.63, 3.8) is 0 Å². The van der Waals surface area contributed by atoms with E-state index in [9.17, 15) is 5.11 Å². The van der Waals surface area contributed by atoms with Gasteiger partial charge >= 0.3 is 0 Å². The third-order valence-electron chi connectivity index (χ3n) is 2.21. The lowest BCUT2D eigenvalue weighted by Crippen LogP contribution is -2.32. The molecule has 2 N–H and O–H groups in total. The summed E-state index contributed by atoms with van der Waals surface area (Å²) in [5.41, 5.74) is 0. The average Bonchev–Trinajstić information content (AvgIpc) is 2.14. The topological polar surface area (TPSA) is 41.5 Å². The van der Waals surface area contributed by atoms with E-state index in [0.717, 1.165) is 26.0 Å². The zero-order chi connectivity index (χ0) is 10.1. The van der Waals surface area contributed by atoms with E-state index >= 15 is 0 Å². The van der Waals surface area contributed by atoms with Gasteiger partial charge in [0.25, 0.3) is 0 Å². The van der Waals surface area contributed by atoms with Crippen molar-refractivity contribution >= 4 is 0 Å². The van der Waals surface area contributed by atoms with E-state index < -0.39 is 0 Å². The lowest BCUT2D eigenvalue weighted by Gasteiger charge is -2.18. The maximum absolute atomic E-state index is 9.65. The first-order valence-corrected chi connectivity index (χ1v) is 5.10.